The Balaban J connectivity index is 1.32. The maximum Gasteiger partial charge on any atom is 0.257 e. The first-order valence-corrected chi connectivity index (χ1v) is 10.3. The van der Waals surface area contributed by atoms with Gasteiger partial charge in [-0.15, -0.1) is 0 Å². The maximum atomic E-state index is 12.4. The predicted molar refractivity (Wildman–Crippen MR) is 122 cm³/mol. The zero-order valence-corrected chi connectivity index (χ0v) is 17.3. The van der Waals surface area contributed by atoms with Gasteiger partial charge in [-0.1, -0.05) is 41.7 Å². The quantitative estimate of drug-likeness (QED) is 0.394. The number of hydrogen-bond donors (Lipinski definition) is 3. The first-order valence-electron chi connectivity index (χ1n) is 9.05. The molecule has 4 rings (SSSR count). The molecule has 0 aliphatic carbocycles. The van der Waals surface area contributed by atoms with Crippen molar-refractivity contribution in [3.05, 3.63) is 83.9 Å². The molecule has 0 atom stereocenters. The van der Waals surface area contributed by atoms with E-state index in [0.717, 1.165) is 15.8 Å². The van der Waals surface area contributed by atoms with Crippen LogP contribution in [0.3, 0.4) is 0 Å². The van der Waals surface area contributed by atoms with Crippen LogP contribution in [0.1, 0.15) is 15.9 Å². The standard InChI is InChI=1S/C22H17N3O3S2/c26-16-8-11-18-19(12-16)30-22(23-18)25-21(29)24-20(27)15-6-9-17(10-7-15)28-13-14-4-2-1-3-5-14/h1-12,26H,13H2,(H2,23,24,25,27,29). The number of carbonyl (C=O) groups is 1. The molecule has 0 aliphatic heterocycles. The van der Waals surface area contributed by atoms with Gasteiger partial charge < -0.3 is 15.2 Å². The van der Waals surface area contributed by atoms with Crippen LogP contribution >= 0.6 is 23.6 Å². The van der Waals surface area contributed by atoms with Gasteiger partial charge in [-0.3, -0.25) is 10.1 Å². The highest BCUT2D eigenvalue weighted by molar-refractivity contribution is 7.80. The lowest BCUT2D eigenvalue weighted by molar-refractivity contribution is 0.0977. The number of rotatable bonds is 5. The van der Waals surface area contributed by atoms with Crippen molar-refractivity contribution in [1.82, 2.24) is 10.3 Å². The monoisotopic (exact) mass is 435 g/mol. The third kappa shape index (κ3) is 4.91. The second-order valence-electron chi connectivity index (χ2n) is 6.38. The fourth-order valence-electron chi connectivity index (χ4n) is 2.71. The number of thiocarbonyl (C=S) groups is 1. The first kappa shape index (κ1) is 19.8. The normalized spacial score (nSPS) is 10.5. The lowest BCUT2D eigenvalue weighted by atomic mass is 10.2. The molecule has 4 aromatic rings. The number of anilines is 1. The van der Waals surface area contributed by atoms with Crippen molar-refractivity contribution in [2.75, 3.05) is 5.32 Å². The number of aromatic hydroxyl groups is 1. The lowest BCUT2D eigenvalue weighted by Crippen LogP contribution is -2.34. The fourth-order valence-corrected chi connectivity index (χ4v) is 3.87. The van der Waals surface area contributed by atoms with Crippen LogP contribution in [0.5, 0.6) is 11.5 Å². The van der Waals surface area contributed by atoms with Crippen LogP contribution in [0.15, 0.2) is 72.8 Å². The first-order chi connectivity index (χ1) is 14.6. The van der Waals surface area contributed by atoms with Gasteiger partial charge in [-0.05, 0) is 60.2 Å². The molecule has 1 amide bonds. The maximum absolute atomic E-state index is 12.4. The molecule has 150 valence electrons. The van der Waals surface area contributed by atoms with E-state index in [1.54, 1.807) is 42.5 Å². The van der Waals surface area contributed by atoms with Crippen LogP contribution in [0, 0.1) is 0 Å². The highest BCUT2D eigenvalue weighted by Crippen LogP contribution is 2.28. The van der Waals surface area contributed by atoms with Gasteiger partial charge >= 0.3 is 0 Å². The summed E-state index contributed by atoms with van der Waals surface area (Å²) in [5, 5.41) is 15.8. The number of nitrogens with zero attached hydrogens (tertiary/aromatic N) is 1. The molecule has 0 fully saturated rings. The third-order valence-corrected chi connectivity index (χ3v) is 5.32. The Morgan fingerprint density at radius 2 is 1.83 bits per heavy atom. The fraction of sp³-hybridized carbons (Fsp3) is 0.0455. The molecular formula is C22H17N3O3S2. The number of aromatic nitrogens is 1. The molecule has 0 saturated carbocycles. The van der Waals surface area contributed by atoms with Crippen molar-refractivity contribution in [3.8, 4) is 11.5 Å². The summed E-state index contributed by atoms with van der Waals surface area (Å²) in [5.74, 6) is 0.513. The van der Waals surface area contributed by atoms with Gasteiger partial charge in [0.15, 0.2) is 10.2 Å². The van der Waals surface area contributed by atoms with Gasteiger partial charge in [-0.2, -0.15) is 0 Å². The molecule has 30 heavy (non-hydrogen) atoms. The molecule has 8 heteroatoms. The van der Waals surface area contributed by atoms with Crippen molar-refractivity contribution in [1.29, 1.82) is 0 Å². The van der Waals surface area contributed by atoms with E-state index in [1.807, 2.05) is 30.3 Å². The summed E-state index contributed by atoms with van der Waals surface area (Å²) < 4.78 is 6.55. The third-order valence-electron chi connectivity index (χ3n) is 4.18. The highest BCUT2D eigenvalue weighted by atomic mass is 32.1. The summed E-state index contributed by atoms with van der Waals surface area (Å²) in [5.41, 5.74) is 2.27. The Kier molecular flexibility index (Phi) is 5.87. The van der Waals surface area contributed by atoms with Gasteiger partial charge in [0.1, 0.15) is 18.1 Å². The number of thiazole rings is 1. The number of nitrogens with one attached hydrogen (secondary N) is 2. The zero-order chi connectivity index (χ0) is 20.9. The zero-order valence-electron chi connectivity index (χ0n) is 15.7. The molecule has 0 saturated heterocycles. The minimum atomic E-state index is -0.333. The topological polar surface area (TPSA) is 83.5 Å². The molecule has 0 radical (unpaired) electrons. The number of carbonyl (C=O) groups excluding carboxylic acids is 1. The molecular weight excluding hydrogens is 418 g/mol. The number of ether oxygens (including phenoxy) is 1. The summed E-state index contributed by atoms with van der Waals surface area (Å²) in [6, 6.07) is 21.6. The van der Waals surface area contributed by atoms with Crippen LogP contribution in [-0.4, -0.2) is 21.1 Å². The van der Waals surface area contributed by atoms with E-state index in [-0.39, 0.29) is 16.8 Å². The number of amides is 1. The van der Waals surface area contributed by atoms with E-state index < -0.39 is 0 Å². The van der Waals surface area contributed by atoms with Crippen molar-refractivity contribution < 1.29 is 14.6 Å². The van der Waals surface area contributed by atoms with Crippen LogP contribution in [0.2, 0.25) is 0 Å². The van der Waals surface area contributed by atoms with E-state index >= 15 is 0 Å². The van der Waals surface area contributed by atoms with Gasteiger partial charge in [0.05, 0.1) is 10.2 Å². The number of fused-ring (bicyclic) bond motifs is 1. The van der Waals surface area contributed by atoms with Gasteiger partial charge in [-0.25, -0.2) is 4.98 Å². The Morgan fingerprint density at radius 1 is 1.07 bits per heavy atom. The minimum absolute atomic E-state index is 0.146. The molecule has 0 spiro atoms. The molecule has 3 aromatic carbocycles. The van der Waals surface area contributed by atoms with Gasteiger partial charge in [0, 0.05) is 5.56 Å². The van der Waals surface area contributed by atoms with Crippen LogP contribution < -0.4 is 15.4 Å². The molecule has 1 aromatic heterocycles. The van der Waals surface area contributed by atoms with Gasteiger partial charge in [0.25, 0.3) is 5.91 Å². The summed E-state index contributed by atoms with van der Waals surface area (Å²) in [4.78, 5) is 16.8. The lowest BCUT2D eigenvalue weighted by Gasteiger charge is -2.09. The minimum Gasteiger partial charge on any atom is -0.508 e. The Labute approximate surface area is 182 Å². The van der Waals surface area contributed by atoms with Crippen LogP contribution in [0.4, 0.5) is 5.13 Å². The highest BCUT2D eigenvalue weighted by Gasteiger charge is 2.11. The summed E-state index contributed by atoms with van der Waals surface area (Å²) in [7, 11) is 0. The van der Waals surface area contributed by atoms with E-state index in [1.165, 1.54) is 11.3 Å². The molecule has 0 bridgehead atoms. The summed E-state index contributed by atoms with van der Waals surface area (Å²) >= 11 is 6.54. The SMILES string of the molecule is O=C(NC(=S)Nc1nc2ccc(O)cc2s1)c1ccc(OCc2ccccc2)cc1. The van der Waals surface area contributed by atoms with E-state index in [0.29, 0.717) is 23.1 Å². The van der Waals surface area contributed by atoms with Crippen molar-refractivity contribution in [3.63, 3.8) is 0 Å². The summed E-state index contributed by atoms with van der Waals surface area (Å²) in [6.07, 6.45) is 0. The Bertz CT molecular complexity index is 1190. The van der Waals surface area contributed by atoms with E-state index in [9.17, 15) is 9.90 Å². The van der Waals surface area contributed by atoms with Crippen LogP contribution in [-0.2, 0) is 6.61 Å². The van der Waals surface area contributed by atoms with E-state index in [2.05, 4.69) is 15.6 Å². The molecule has 6 nitrogen and oxygen atoms in total. The van der Waals surface area contributed by atoms with Crippen molar-refractivity contribution >= 4 is 49.9 Å². The predicted octanol–water partition coefficient (Wildman–Crippen LogP) is 4.71. The van der Waals surface area contributed by atoms with Crippen LogP contribution in [0.25, 0.3) is 10.2 Å². The Morgan fingerprint density at radius 3 is 2.60 bits per heavy atom. The summed E-state index contributed by atoms with van der Waals surface area (Å²) in [6.45, 7) is 0.459. The average Bonchev–Trinajstić information content (AvgIpc) is 3.14. The largest absolute Gasteiger partial charge is 0.508 e. The second-order valence-corrected chi connectivity index (χ2v) is 7.82. The number of benzene rings is 3. The second kappa shape index (κ2) is 8.89. The average molecular weight is 436 g/mol. The number of phenols is 1. The smallest absolute Gasteiger partial charge is 0.257 e. The number of hydrogen-bond acceptors (Lipinski definition) is 6. The van der Waals surface area contributed by atoms with Gasteiger partial charge in [0.2, 0.25) is 0 Å². The molecule has 0 unspecified atom stereocenters. The van der Waals surface area contributed by atoms with Crippen molar-refractivity contribution in [2.45, 2.75) is 6.61 Å². The molecule has 1 heterocycles. The molecule has 3 N–H and O–H groups in total. The van der Waals surface area contributed by atoms with E-state index in [4.69, 9.17) is 17.0 Å². The molecule has 0 aliphatic rings. The Hall–Kier alpha value is -3.49. The number of phenolic OH excluding ortho intramolecular Hbond substituents is 1. The van der Waals surface area contributed by atoms with Crippen molar-refractivity contribution in [2.24, 2.45) is 0 Å².